The molecule has 108 valence electrons. The van der Waals surface area contributed by atoms with Gasteiger partial charge in [0.05, 0.1) is 18.4 Å². The quantitative estimate of drug-likeness (QED) is 0.935. The molecule has 6 heteroatoms. The van der Waals surface area contributed by atoms with Crippen LogP contribution in [0.15, 0.2) is 24.4 Å². The standard InChI is InChI=1S/C14H18F2N4/c1-14(2,3)17-7-10-8-20(19-18-10)9-11-12(15)5-4-6-13(11)16/h4-6,8,17H,7,9H2,1-3H3. The Hall–Kier alpha value is -1.82. The Morgan fingerprint density at radius 3 is 2.45 bits per heavy atom. The molecule has 4 nitrogen and oxygen atoms in total. The second-order valence-electron chi connectivity index (χ2n) is 5.71. The molecule has 0 aliphatic rings. The maximum absolute atomic E-state index is 13.5. The van der Waals surface area contributed by atoms with Crippen LogP contribution in [0.4, 0.5) is 8.78 Å². The van der Waals surface area contributed by atoms with Crippen LogP contribution in [0.2, 0.25) is 0 Å². The van der Waals surface area contributed by atoms with E-state index in [1.165, 1.54) is 22.9 Å². The monoisotopic (exact) mass is 280 g/mol. The summed E-state index contributed by atoms with van der Waals surface area (Å²) in [7, 11) is 0. The zero-order chi connectivity index (χ0) is 14.8. The summed E-state index contributed by atoms with van der Waals surface area (Å²) < 4.78 is 28.5. The van der Waals surface area contributed by atoms with Crippen molar-refractivity contribution in [2.24, 2.45) is 0 Å². The van der Waals surface area contributed by atoms with Gasteiger partial charge in [-0.05, 0) is 32.9 Å². The third kappa shape index (κ3) is 3.84. The maximum Gasteiger partial charge on any atom is 0.131 e. The number of aromatic nitrogens is 3. The highest BCUT2D eigenvalue weighted by molar-refractivity contribution is 5.19. The van der Waals surface area contributed by atoms with Crippen LogP contribution in [0, 0.1) is 11.6 Å². The van der Waals surface area contributed by atoms with Gasteiger partial charge in [0.2, 0.25) is 0 Å². The molecule has 2 aromatic rings. The molecule has 0 saturated carbocycles. The molecule has 0 atom stereocenters. The van der Waals surface area contributed by atoms with Crippen LogP contribution in [0.25, 0.3) is 0 Å². The molecular formula is C14H18F2N4. The third-order valence-electron chi connectivity index (χ3n) is 2.77. The molecule has 0 unspecified atom stereocenters. The van der Waals surface area contributed by atoms with Crippen molar-refractivity contribution in [3.63, 3.8) is 0 Å². The first-order valence-corrected chi connectivity index (χ1v) is 6.42. The first-order chi connectivity index (χ1) is 9.35. The number of nitrogens with zero attached hydrogens (tertiary/aromatic N) is 3. The first kappa shape index (κ1) is 14.6. The Bertz CT molecular complexity index is 567. The van der Waals surface area contributed by atoms with Crippen molar-refractivity contribution in [1.82, 2.24) is 20.3 Å². The van der Waals surface area contributed by atoms with E-state index in [1.54, 1.807) is 6.20 Å². The molecule has 2 rings (SSSR count). The van der Waals surface area contributed by atoms with Crippen LogP contribution < -0.4 is 5.32 Å². The minimum atomic E-state index is -0.574. The molecule has 0 radical (unpaired) electrons. The molecule has 1 heterocycles. The smallest absolute Gasteiger partial charge is 0.131 e. The maximum atomic E-state index is 13.5. The normalized spacial score (nSPS) is 11.8. The molecule has 1 N–H and O–H groups in total. The summed E-state index contributed by atoms with van der Waals surface area (Å²) in [6.45, 7) is 6.73. The Morgan fingerprint density at radius 1 is 1.20 bits per heavy atom. The molecular weight excluding hydrogens is 262 g/mol. The number of rotatable bonds is 4. The minimum Gasteiger partial charge on any atom is -0.306 e. The highest BCUT2D eigenvalue weighted by Gasteiger charge is 2.12. The average molecular weight is 280 g/mol. The van der Waals surface area contributed by atoms with E-state index in [2.05, 4.69) is 15.6 Å². The van der Waals surface area contributed by atoms with Gasteiger partial charge in [0, 0.05) is 17.6 Å². The Labute approximate surface area is 116 Å². The molecule has 1 aromatic carbocycles. The van der Waals surface area contributed by atoms with Crippen LogP contribution >= 0.6 is 0 Å². The van der Waals surface area contributed by atoms with Crippen molar-refractivity contribution in [3.8, 4) is 0 Å². The van der Waals surface area contributed by atoms with E-state index in [0.717, 1.165) is 5.69 Å². The molecule has 1 aromatic heterocycles. The average Bonchev–Trinajstić information content (AvgIpc) is 2.79. The minimum absolute atomic E-state index is 0.00673. The lowest BCUT2D eigenvalue weighted by Gasteiger charge is -2.19. The molecule has 0 saturated heterocycles. The predicted octanol–water partition coefficient (Wildman–Crippen LogP) is 2.49. The summed E-state index contributed by atoms with van der Waals surface area (Å²) in [6.07, 6.45) is 1.69. The predicted molar refractivity (Wildman–Crippen MR) is 72.1 cm³/mol. The van der Waals surface area contributed by atoms with Gasteiger partial charge < -0.3 is 5.32 Å². The van der Waals surface area contributed by atoms with Gasteiger partial charge in [0.1, 0.15) is 11.6 Å². The van der Waals surface area contributed by atoms with Crippen molar-refractivity contribution < 1.29 is 8.78 Å². The molecule has 0 fully saturated rings. The zero-order valence-electron chi connectivity index (χ0n) is 11.8. The van der Waals surface area contributed by atoms with E-state index >= 15 is 0 Å². The fraction of sp³-hybridized carbons (Fsp3) is 0.429. The van der Waals surface area contributed by atoms with E-state index in [9.17, 15) is 8.78 Å². The fourth-order valence-electron chi connectivity index (χ4n) is 1.70. The molecule has 0 aliphatic heterocycles. The van der Waals surface area contributed by atoms with Crippen LogP contribution in [0.5, 0.6) is 0 Å². The van der Waals surface area contributed by atoms with Gasteiger partial charge in [-0.25, -0.2) is 13.5 Å². The van der Waals surface area contributed by atoms with Crippen LogP contribution in [0.3, 0.4) is 0 Å². The Kier molecular flexibility index (Phi) is 4.13. The number of hydrogen-bond donors (Lipinski definition) is 1. The van der Waals surface area contributed by atoms with Gasteiger partial charge >= 0.3 is 0 Å². The van der Waals surface area contributed by atoms with Gasteiger partial charge in [0.15, 0.2) is 0 Å². The van der Waals surface area contributed by atoms with E-state index < -0.39 is 11.6 Å². The van der Waals surface area contributed by atoms with E-state index in [1.807, 2.05) is 20.8 Å². The first-order valence-electron chi connectivity index (χ1n) is 6.42. The summed E-state index contributed by atoms with van der Waals surface area (Å²) in [4.78, 5) is 0. The summed E-state index contributed by atoms with van der Waals surface area (Å²) in [5.74, 6) is -1.15. The molecule has 0 aliphatic carbocycles. The van der Waals surface area contributed by atoms with E-state index in [4.69, 9.17) is 0 Å². The lowest BCUT2D eigenvalue weighted by atomic mass is 10.1. The van der Waals surface area contributed by atoms with Crippen LogP contribution in [-0.2, 0) is 13.1 Å². The lowest BCUT2D eigenvalue weighted by molar-refractivity contribution is 0.421. The van der Waals surface area contributed by atoms with Crippen molar-refractivity contribution in [2.45, 2.75) is 39.4 Å². The van der Waals surface area contributed by atoms with Gasteiger partial charge in [-0.1, -0.05) is 11.3 Å². The highest BCUT2D eigenvalue weighted by atomic mass is 19.1. The van der Waals surface area contributed by atoms with Gasteiger partial charge in [0.25, 0.3) is 0 Å². The van der Waals surface area contributed by atoms with Crippen molar-refractivity contribution >= 4 is 0 Å². The summed E-state index contributed by atoms with van der Waals surface area (Å²) >= 11 is 0. The number of benzene rings is 1. The zero-order valence-corrected chi connectivity index (χ0v) is 11.8. The number of halogens is 2. The van der Waals surface area contributed by atoms with Crippen LogP contribution in [0.1, 0.15) is 32.0 Å². The third-order valence-corrected chi connectivity index (χ3v) is 2.77. The summed E-state index contributed by atoms with van der Waals surface area (Å²) in [5.41, 5.74) is 0.700. The molecule has 20 heavy (non-hydrogen) atoms. The Balaban J connectivity index is 2.06. The second kappa shape index (κ2) is 5.66. The van der Waals surface area contributed by atoms with E-state index in [-0.39, 0.29) is 17.6 Å². The molecule has 0 spiro atoms. The van der Waals surface area contributed by atoms with Gasteiger partial charge in [-0.15, -0.1) is 5.10 Å². The highest BCUT2D eigenvalue weighted by Crippen LogP contribution is 2.13. The lowest BCUT2D eigenvalue weighted by Crippen LogP contribution is -2.35. The second-order valence-corrected chi connectivity index (χ2v) is 5.71. The number of nitrogens with one attached hydrogen (secondary N) is 1. The van der Waals surface area contributed by atoms with Crippen molar-refractivity contribution in [1.29, 1.82) is 0 Å². The number of hydrogen-bond acceptors (Lipinski definition) is 3. The van der Waals surface area contributed by atoms with E-state index in [0.29, 0.717) is 6.54 Å². The topological polar surface area (TPSA) is 42.7 Å². The summed E-state index contributed by atoms with van der Waals surface area (Å²) in [6, 6.07) is 3.81. The summed E-state index contributed by atoms with van der Waals surface area (Å²) in [5, 5.41) is 11.1. The molecule has 0 amide bonds. The largest absolute Gasteiger partial charge is 0.306 e. The van der Waals surface area contributed by atoms with Gasteiger partial charge in [-0.3, -0.25) is 0 Å². The van der Waals surface area contributed by atoms with Crippen LogP contribution in [-0.4, -0.2) is 20.5 Å². The van der Waals surface area contributed by atoms with Crippen molar-refractivity contribution in [3.05, 3.63) is 47.3 Å². The molecule has 0 bridgehead atoms. The van der Waals surface area contributed by atoms with Crippen molar-refractivity contribution in [2.75, 3.05) is 0 Å². The fourth-order valence-corrected chi connectivity index (χ4v) is 1.70. The Morgan fingerprint density at radius 2 is 1.85 bits per heavy atom. The SMILES string of the molecule is CC(C)(C)NCc1cn(Cc2c(F)cccc2F)nn1. The van der Waals surface area contributed by atoms with Gasteiger partial charge in [-0.2, -0.15) is 0 Å².